The van der Waals surface area contributed by atoms with Crippen molar-refractivity contribution < 1.29 is 9.90 Å². The number of benzene rings is 4. The average Bonchev–Trinajstić information content (AvgIpc) is 2.74. The maximum absolute atomic E-state index is 13.0. The van der Waals surface area contributed by atoms with Gasteiger partial charge >= 0.3 is 0 Å². The summed E-state index contributed by atoms with van der Waals surface area (Å²) >= 11 is 3.43. The molecule has 0 bridgehead atoms. The SMILES string of the molecule is O=C(c1ccccc1)c1cc(Br)ccc1N=Cc1c(O)ccc2ccccc12. The summed E-state index contributed by atoms with van der Waals surface area (Å²) in [5.41, 5.74) is 2.27. The van der Waals surface area contributed by atoms with Crippen molar-refractivity contribution in [2.45, 2.75) is 0 Å². The predicted molar refractivity (Wildman–Crippen MR) is 117 cm³/mol. The number of aromatic hydroxyl groups is 1. The van der Waals surface area contributed by atoms with E-state index in [9.17, 15) is 9.90 Å². The molecule has 1 N–H and O–H groups in total. The van der Waals surface area contributed by atoms with E-state index in [1.165, 1.54) is 0 Å². The summed E-state index contributed by atoms with van der Waals surface area (Å²) < 4.78 is 0.804. The Kier molecular flexibility index (Phi) is 5.04. The van der Waals surface area contributed by atoms with E-state index in [0.717, 1.165) is 15.2 Å². The van der Waals surface area contributed by atoms with Crippen molar-refractivity contribution in [2.75, 3.05) is 0 Å². The second kappa shape index (κ2) is 7.79. The second-order valence-corrected chi connectivity index (χ2v) is 7.25. The number of carbonyl (C=O) groups excluding carboxylic acids is 1. The molecule has 0 aliphatic heterocycles. The van der Waals surface area contributed by atoms with Gasteiger partial charge < -0.3 is 5.11 Å². The largest absolute Gasteiger partial charge is 0.507 e. The molecule has 4 aromatic carbocycles. The first kappa shape index (κ1) is 18.1. The van der Waals surface area contributed by atoms with Crippen molar-refractivity contribution in [3.63, 3.8) is 0 Å². The van der Waals surface area contributed by atoms with Crippen molar-refractivity contribution in [1.82, 2.24) is 0 Å². The lowest BCUT2D eigenvalue weighted by atomic mass is 10.0. The Bertz CT molecular complexity index is 1200. The fraction of sp³-hybridized carbons (Fsp3) is 0. The normalized spacial score (nSPS) is 11.2. The van der Waals surface area contributed by atoms with E-state index in [1.54, 1.807) is 36.5 Å². The Morgan fingerprint density at radius 1 is 0.893 bits per heavy atom. The van der Waals surface area contributed by atoms with E-state index in [1.807, 2.05) is 54.6 Å². The number of carbonyl (C=O) groups is 1. The number of ketones is 1. The highest BCUT2D eigenvalue weighted by Gasteiger charge is 2.14. The van der Waals surface area contributed by atoms with Crippen LogP contribution in [0.15, 0.2) is 94.4 Å². The Morgan fingerprint density at radius 3 is 2.46 bits per heavy atom. The first-order chi connectivity index (χ1) is 13.6. The van der Waals surface area contributed by atoms with Crippen LogP contribution in [0.1, 0.15) is 21.5 Å². The summed E-state index contributed by atoms with van der Waals surface area (Å²) in [4.78, 5) is 17.5. The van der Waals surface area contributed by atoms with Crippen molar-refractivity contribution in [3.8, 4) is 5.75 Å². The van der Waals surface area contributed by atoms with Crippen molar-refractivity contribution in [3.05, 3.63) is 106 Å². The topological polar surface area (TPSA) is 49.7 Å². The van der Waals surface area contributed by atoms with E-state index in [2.05, 4.69) is 20.9 Å². The summed E-state index contributed by atoms with van der Waals surface area (Å²) in [5.74, 6) is 0.0479. The lowest BCUT2D eigenvalue weighted by Gasteiger charge is -2.07. The van der Waals surface area contributed by atoms with E-state index < -0.39 is 0 Å². The van der Waals surface area contributed by atoms with Crippen LogP contribution in [0.2, 0.25) is 0 Å². The Labute approximate surface area is 171 Å². The summed E-state index contributed by atoms with van der Waals surface area (Å²) in [6.45, 7) is 0. The standard InChI is InChI=1S/C24H16BrNO2/c25-18-11-12-22(20(14-18)24(28)17-7-2-1-3-8-17)26-15-21-19-9-5-4-6-16(19)10-13-23(21)27/h1-15,27H. The zero-order valence-electron chi connectivity index (χ0n) is 14.8. The number of rotatable bonds is 4. The highest BCUT2D eigenvalue weighted by molar-refractivity contribution is 9.10. The first-order valence-electron chi connectivity index (χ1n) is 8.77. The minimum Gasteiger partial charge on any atom is -0.507 e. The molecule has 0 aliphatic rings. The molecule has 3 nitrogen and oxygen atoms in total. The monoisotopic (exact) mass is 429 g/mol. The lowest BCUT2D eigenvalue weighted by Crippen LogP contribution is -2.01. The Hall–Kier alpha value is -3.24. The van der Waals surface area contributed by atoms with Crippen LogP contribution < -0.4 is 0 Å². The molecule has 4 heteroatoms. The fourth-order valence-electron chi connectivity index (χ4n) is 3.10. The molecule has 0 saturated heterocycles. The number of nitrogens with zero attached hydrogens (tertiary/aromatic N) is 1. The van der Waals surface area contributed by atoms with Gasteiger partial charge in [-0.3, -0.25) is 9.79 Å². The number of fused-ring (bicyclic) bond motifs is 1. The summed E-state index contributed by atoms with van der Waals surface area (Å²) in [7, 11) is 0. The molecular weight excluding hydrogens is 414 g/mol. The second-order valence-electron chi connectivity index (χ2n) is 6.33. The van der Waals surface area contributed by atoms with Crippen LogP contribution in [0.3, 0.4) is 0 Å². The molecule has 0 atom stereocenters. The van der Waals surface area contributed by atoms with E-state index in [-0.39, 0.29) is 11.5 Å². The van der Waals surface area contributed by atoms with Gasteiger partial charge in [-0.15, -0.1) is 0 Å². The zero-order chi connectivity index (χ0) is 19.5. The van der Waals surface area contributed by atoms with E-state index in [0.29, 0.717) is 22.4 Å². The molecule has 0 saturated carbocycles. The molecule has 0 spiro atoms. The molecule has 0 aromatic heterocycles. The van der Waals surface area contributed by atoms with E-state index >= 15 is 0 Å². The molecule has 136 valence electrons. The van der Waals surface area contributed by atoms with Crippen molar-refractivity contribution in [2.24, 2.45) is 4.99 Å². The van der Waals surface area contributed by atoms with Crippen LogP contribution in [0.25, 0.3) is 10.8 Å². The number of aliphatic imine (C=N–C) groups is 1. The quantitative estimate of drug-likeness (QED) is 0.306. The molecule has 0 heterocycles. The van der Waals surface area contributed by atoms with Gasteiger partial charge in [0.1, 0.15) is 5.75 Å². The molecule has 4 rings (SSSR count). The summed E-state index contributed by atoms with van der Waals surface area (Å²) in [5, 5.41) is 12.2. The first-order valence-corrected chi connectivity index (χ1v) is 9.57. The van der Waals surface area contributed by atoms with Crippen LogP contribution >= 0.6 is 15.9 Å². The number of halogens is 1. The summed E-state index contributed by atoms with van der Waals surface area (Å²) in [6, 6.07) is 25.8. The van der Waals surface area contributed by atoms with Gasteiger partial charge in [0, 0.05) is 27.4 Å². The third-order valence-corrected chi connectivity index (χ3v) is 5.01. The number of phenolic OH excluding ortho intramolecular Hbond substituents is 1. The van der Waals surface area contributed by atoms with Crippen LogP contribution in [0.4, 0.5) is 5.69 Å². The van der Waals surface area contributed by atoms with Crippen molar-refractivity contribution >= 4 is 44.4 Å². The third-order valence-electron chi connectivity index (χ3n) is 4.52. The van der Waals surface area contributed by atoms with Gasteiger partial charge in [0.2, 0.25) is 0 Å². The number of hydrogen-bond acceptors (Lipinski definition) is 3. The summed E-state index contributed by atoms with van der Waals surface area (Å²) in [6.07, 6.45) is 1.61. The molecule has 0 aliphatic carbocycles. The predicted octanol–water partition coefficient (Wildman–Crippen LogP) is 6.29. The van der Waals surface area contributed by atoms with Crippen LogP contribution in [0.5, 0.6) is 5.75 Å². The van der Waals surface area contributed by atoms with Crippen LogP contribution in [-0.2, 0) is 0 Å². The van der Waals surface area contributed by atoms with Crippen LogP contribution in [-0.4, -0.2) is 17.1 Å². The zero-order valence-corrected chi connectivity index (χ0v) is 16.4. The average molecular weight is 430 g/mol. The van der Waals surface area contributed by atoms with E-state index in [4.69, 9.17) is 0 Å². The molecule has 0 fully saturated rings. The van der Waals surface area contributed by atoms with Gasteiger partial charge in [0.25, 0.3) is 0 Å². The van der Waals surface area contributed by atoms with Gasteiger partial charge in [-0.25, -0.2) is 0 Å². The van der Waals surface area contributed by atoms with Gasteiger partial charge in [0.15, 0.2) is 5.78 Å². The maximum atomic E-state index is 13.0. The highest BCUT2D eigenvalue weighted by atomic mass is 79.9. The van der Waals surface area contributed by atoms with Gasteiger partial charge in [-0.1, -0.05) is 76.6 Å². The molecule has 0 unspecified atom stereocenters. The maximum Gasteiger partial charge on any atom is 0.195 e. The Balaban J connectivity index is 1.80. The number of phenols is 1. The lowest BCUT2D eigenvalue weighted by molar-refractivity contribution is 0.103. The number of hydrogen-bond donors (Lipinski definition) is 1. The molecule has 0 amide bonds. The van der Waals surface area contributed by atoms with Gasteiger partial charge in [0.05, 0.1) is 5.69 Å². The molecular formula is C24H16BrNO2. The molecule has 28 heavy (non-hydrogen) atoms. The Morgan fingerprint density at radius 2 is 1.64 bits per heavy atom. The highest BCUT2D eigenvalue weighted by Crippen LogP contribution is 2.29. The molecule has 4 aromatic rings. The smallest absolute Gasteiger partial charge is 0.195 e. The molecule has 0 radical (unpaired) electrons. The third kappa shape index (κ3) is 3.59. The van der Waals surface area contributed by atoms with Crippen molar-refractivity contribution in [1.29, 1.82) is 0 Å². The fourth-order valence-corrected chi connectivity index (χ4v) is 3.46. The minimum absolute atomic E-state index is 0.101. The van der Waals surface area contributed by atoms with Gasteiger partial charge in [-0.05, 0) is 35.0 Å². The minimum atomic E-state index is -0.101. The van der Waals surface area contributed by atoms with Crippen LogP contribution in [0, 0.1) is 0 Å². The van der Waals surface area contributed by atoms with Gasteiger partial charge in [-0.2, -0.15) is 0 Å².